The highest BCUT2D eigenvalue weighted by atomic mass is 19.1. The Labute approximate surface area is 115 Å². The lowest BCUT2D eigenvalue weighted by Crippen LogP contribution is -2.00. The van der Waals surface area contributed by atoms with Crippen molar-refractivity contribution in [1.29, 1.82) is 0 Å². The average Bonchev–Trinajstić information content (AvgIpc) is 2.49. The van der Waals surface area contributed by atoms with Crippen LogP contribution in [-0.4, -0.2) is 19.3 Å². The number of hydrogen-bond donors (Lipinski definition) is 0. The third-order valence-electron chi connectivity index (χ3n) is 2.53. The van der Waals surface area contributed by atoms with Crippen molar-refractivity contribution in [1.82, 2.24) is 0 Å². The molecule has 2 aromatic rings. The molecule has 0 fully saturated rings. The quantitative estimate of drug-likeness (QED) is 0.488. The van der Waals surface area contributed by atoms with Gasteiger partial charge < -0.3 is 9.57 Å². The summed E-state index contributed by atoms with van der Waals surface area (Å²) in [7, 11) is 1.54. The molecule has 0 saturated heterocycles. The van der Waals surface area contributed by atoms with Crippen molar-refractivity contribution in [3.05, 3.63) is 65.5 Å². The van der Waals surface area contributed by atoms with Crippen LogP contribution < -0.4 is 4.74 Å². The summed E-state index contributed by atoms with van der Waals surface area (Å²) in [4.78, 5) is 16.4. The van der Waals surface area contributed by atoms with E-state index >= 15 is 0 Å². The fraction of sp³-hybridized carbons (Fsp3) is 0.0667. The molecule has 4 nitrogen and oxygen atoms in total. The highest BCUT2D eigenvalue weighted by Gasteiger charge is 2.06. The molecule has 0 N–H and O–H groups in total. The minimum absolute atomic E-state index is 0.336. The Hall–Kier alpha value is -2.69. The van der Waals surface area contributed by atoms with Crippen molar-refractivity contribution in [2.24, 2.45) is 5.16 Å². The minimum Gasteiger partial charge on any atom is -0.497 e. The Kier molecular flexibility index (Phi) is 4.44. The number of methoxy groups -OCH3 is 1. The topological polar surface area (TPSA) is 47.9 Å². The van der Waals surface area contributed by atoms with Gasteiger partial charge in [0.25, 0.3) is 0 Å². The third kappa shape index (κ3) is 3.65. The summed E-state index contributed by atoms with van der Waals surface area (Å²) in [5, 5.41) is 3.56. The van der Waals surface area contributed by atoms with Crippen LogP contribution >= 0.6 is 0 Å². The number of rotatable bonds is 4. The maximum absolute atomic E-state index is 12.7. The predicted octanol–water partition coefficient (Wildman–Crippen LogP) is 3.03. The lowest BCUT2D eigenvalue weighted by Gasteiger charge is -2.00. The molecular formula is C15H12FNO3. The van der Waals surface area contributed by atoms with Gasteiger partial charge in [0.15, 0.2) is 0 Å². The summed E-state index contributed by atoms with van der Waals surface area (Å²) in [6.07, 6.45) is 1.33. The molecule has 20 heavy (non-hydrogen) atoms. The molecule has 0 aliphatic rings. The fourth-order valence-corrected chi connectivity index (χ4v) is 1.46. The molecule has 2 aromatic carbocycles. The molecule has 0 atom stereocenters. The molecule has 0 spiro atoms. The number of hydrogen-bond acceptors (Lipinski definition) is 4. The SMILES string of the molecule is COc1ccc(C(=O)O/N=C/c2ccc(F)cc2)cc1. The zero-order valence-corrected chi connectivity index (χ0v) is 10.7. The van der Waals surface area contributed by atoms with Gasteiger partial charge in [-0.15, -0.1) is 0 Å². The molecule has 2 rings (SSSR count). The first kappa shape index (κ1) is 13.7. The van der Waals surface area contributed by atoms with Crippen LogP contribution in [0, 0.1) is 5.82 Å². The molecule has 0 bridgehead atoms. The van der Waals surface area contributed by atoms with Crippen LogP contribution in [-0.2, 0) is 4.84 Å². The highest BCUT2D eigenvalue weighted by molar-refractivity contribution is 5.90. The van der Waals surface area contributed by atoms with Crippen molar-refractivity contribution >= 4 is 12.2 Å². The van der Waals surface area contributed by atoms with E-state index in [2.05, 4.69) is 5.16 Å². The Morgan fingerprint density at radius 1 is 1.10 bits per heavy atom. The van der Waals surface area contributed by atoms with Gasteiger partial charge in [-0.25, -0.2) is 9.18 Å². The summed E-state index contributed by atoms with van der Waals surface area (Å²) >= 11 is 0. The lowest BCUT2D eigenvalue weighted by molar-refractivity contribution is 0.0519. The van der Waals surface area contributed by atoms with Gasteiger partial charge in [0, 0.05) is 0 Å². The molecule has 5 heteroatoms. The van der Waals surface area contributed by atoms with Crippen LogP contribution in [0.4, 0.5) is 4.39 Å². The standard InChI is InChI=1S/C15H12FNO3/c1-19-14-8-4-12(5-9-14)15(18)20-17-10-11-2-6-13(16)7-3-11/h2-10H,1H3/b17-10+. The van der Waals surface area contributed by atoms with Gasteiger partial charge in [-0.05, 0) is 42.0 Å². The minimum atomic E-state index is -0.578. The van der Waals surface area contributed by atoms with Gasteiger partial charge in [0.1, 0.15) is 11.6 Å². The molecule has 0 aromatic heterocycles. The zero-order chi connectivity index (χ0) is 14.4. The molecule has 0 heterocycles. The van der Waals surface area contributed by atoms with Gasteiger partial charge >= 0.3 is 5.97 Å². The van der Waals surface area contributed by atoms with Crippen LogP contribution in [0.25, 0.3) is 0 Å². The number of carbonyl (C=O) groups is 1. The average molecular weight is 273 g/mol. The Balaban J connectivity index is 1.95. The van der Waals surface area contributed by atoms with Gasteiger partial charge in [-0.3, -0.25) is 0 Å². The molecule has 0 unspecified atom stereocenters. The molecule has 0 amide bonds. The lowest BCUT2D eigenvalue weighted by atomic mass is 10.2. The van der Waals surface area contributed by atoms with Crippen molar-refractivity contribution in [3.8, 4) is 5.75 Å². The number of oxime groups is 1. The second kappa shape index (κ2) is 6.47. The van der Waals surface area contributed by atoms with E-state index in [-0.39, 0.29) is 5.82 Å². The molecule has 0 radical (unpaired) electrons. The summed E-state index contributed by atoms with van der Waals surface area (Å²) in [6.45, 7) is 0. The van der Waals surface area contributed by atoms with Crippen LogP contribution in [0.2, 0.25) is 0 Å². The van der Waals surface area contributed by atoms with E-state index in [1.54, 1.807) is 31.4 Å². The summed E-state index contributed by atoms with van der Waals surface area (Å²) in [5.41, 5.74) is 0.996. The van der Waals surface area contributed by atoms with Crippen molar-refractivity contribution in [3.63, 3.8) is 0 Å². The summed E-state index contributed by atoms with van der Waals surface area (Å²) in [6, 6.07) is 12.1. The zero-order valence-electron chi connectivity index (χ0n) is 10.7. The molecule has 0 aliphatic heterocycles. The monoisotopic (exact) mass is 273 g/mol. The van der Waals surface area contributed by atoms with E-state index < -0.39 is 5.97 Å². The van der Waals surface area contributed by atoms with Crippen LogP contribution in [0.5, 0.6) is 5.75 Å². The number of nitrogens with zero attached hydrogens (tertiary/aromatic N) is 1. The second-order valence-electron chi connectivity index (χ2n) is 3.89. The number of benzene rings is 2. The smallest absolute Gasteiger partial charge is 0.365 e. The first-order valence-electron chi connectivity index (χ1n) is 5.83. The van der Waals surface area contributed by atoms with Crippen LogP contribution in [0.1, 0.15) is 15.9 Å². The van der Waals surface area contributed by atoms with Crippen molar-refractivity contribution < 1.29 is 18.8 Å². The van der Waals surface area contributed by atoms with Crippen LogP contribution in [0.3, 0.4) is 0 Å². The maximum atomic E-state index is 12.7. The molecule has 0 aliphatic carbocycles. The van der Waals surface area contributed by atoms with Gasteiger partial charge in [-0.2, -0.15) is 0 Å². The predicted molar refractivity (Wildman–Crippen MR) is 72.4 cm³/mol. The highest BCUT2D eigenvalue weighted by Crippen LogP contribution is 2.12. The first-order valence-corrected chi connectivity index (χ1v) is 5.83. The normalized spacial score (nSPS) is 10.5. The number of carbonyl (C=O) groups excluding carboxylic acids is 1. The first-order chi connectivity index (χ1) is 9.69. The van der Waals surface area contributed by atoms with E-state index in [1.165, 1.54) is 30.5 Å². The number of ether oxygens (including phenoxy) is 1. The summed E-state index contributed by atoms with van der Waals surface area (Å²) < 4.78 is 17.7. The van der Waals surface area contributed by atoms with Crippen molar-refractivity contribution in [2.45, 2.75) is 0 Å². The molecule has 102 valence electrons. The Bertz CT molecular complexity index is 606. The van der Waals surface area contributed by atoms with Crippen molar-refractivity contribution in [2.75, 3.05) is 7.11 Å². The summed E-state index contributed by atoms with van der Waals surface area (Å²) in [5.74, 6) is -0.264. The van der Waals surface area contributed by atoms with E-state index in [9.17, 15) is 9.18 Å². The van der Waals surface area contributed by atoms with Gasteiger partial charge in [-0.1, -0.05) is 17.3 Å². The third-order valence-corrected chi connectivity index (χ3v) is 2.53. The molecular weight excluding hydrogens is 261 g/mol. The van der Waals surface area contributed by atoms with E-state index in [0.717, 1.165) is 0 Å². The van der Waals surface area contributed by atoms with Gasteiger partial charge in [0.2, 0.25) is 0 Å². The number of halogens is 1. The fourth-order valence-electron chi connectivity index (χ4n) is 1.46. The Morgan fingerprint density at radius 2 is 1.75 bits per heavy atom. The van der Waals surface area contributed by atoms with E-state index in [0.29, 0.717) is 16.9 Å². The van der Waals surface area contributed by atoms with E-state index in [4.69, 9.17) is 9.57 Å². The van der Waals surface area contributed by atoms with E-state index in [1.807, 2.05) is 0 Å². The van der Waals surface area contributed by atoms with Crippen LogP contribution in [0.15, 0.2) is 53.7 Å². The molecule has 0 saturated carbocycles. The Morgan fingerprint density at radius 3 is 2.35 bits per heavy atom. The maximum Gasteiger partial charge on any atom is 0.365 e. The largest absolute Gasteiger partial charge is 0.497 e. The van der Waals surface area contributed by atoms with Gasteiger partial charge in [0.05, 0.1) is 18.9 Å². The second-order valence-corrected chi connectivity index (χ2v) is 3.89.